The third-order valence-electron chi connectivity index (χ3n) is 3.86. The Morgan fingerprint density at radius 1 is 1.07 bits per heavy atom. The maximum absolute atomic E-state index is 12.3. The van der Waals surface area contributed by atoms with Crippen LogP contribution < -0.4 is 10.2 Å². The summed E-state index contributed by atoms with van der Waals surface area (Å²) in [5, 5.41) is 13.1. The second-order valence-electron chi connectivity index (χ2n) is 6.38. The number of ether oxygens (including phenoxy) is 1. The first-order valence-electron chi connectivity index (χ1n) is 8.73. The number of nitrogens with one attached hydrogen (secondary N) is 1. The zero-order chi connectivity index (χ0) is 19.8. The highest BCUT2D eigenvalue weighted by Gasteiger charge is 2.15. The first kappa shape index (κ1) is 20.2. The predicted octanol–water partition coefficient (Wildman–Crippen LogP) is 3.46. The molecule has 2 aromatic rings. The van der Waals surface area contributed by atoms with Crippen LogP contribution in [0.3, 0.4) is 0 Å². The van der Waals surface area contributed by atoms with Gasteiger partial charge in [0.15, 0.2) is 6.10 Å². The van der Waals surface area contributed by atoms with Crippen LogP contribution in [0.2, 0.25) is 0 Å². The Morgan fingerprint density at radius 3 is 2.30 bits per heavy atom. The highest BCUT2D eigenvalue weighted by Crippen LogP contribution is 2.17. The van der Waals surface area contributed by atoms with Crippen molar-refractivity contribution in [2.24, 2.45) is 5.10 Å². The number of hydrazone groups is 1. The molecule has 6 heteroatoms. The lowest BCUT2D eigenvalue weighted by molar-refractivity contribution is -0.136. The largest absolute Gasteiger partial charge is 0.481 e. The fraction of sp³-hybridized carbons (Fsp3) is 0.286. The van der Waals surface area contributed by atoms with Gasteiger partial charge in [-0.1, -0.05) is 36.4 Å². The van der Waals surface area contributed by atoms with E-state index in [0.29, 0.717) is 11.5 Å². The van der Waals surface area contributed by atoms with E-state index in [4.69, 9.17) is 9.84 Å². The molecule has 0 aliphatic rings. The van der Waals surface area contributed by atoms with Gasteiger partial charge in [0.05, 0.1) is 12.1 Å². The molecule has 0 aliphatic heterocycles. The van der Waals surface area contributed by atoms with Crippen LogP contribution in [0, 0.1) is 13.8 Å². The van der Waals surface area contributed by atoms with Crippen LogP contribution in [0.5, 0.6) is 5.75 Å². The minimum absolute atomic E-state index is 0.0712. The van der Waals surface area contributed by atoms with Gasteiger partial charge < -0.3 is 9.84 Å². The van der Waals surface area contributed by atoms with Crippen molar-refractivity contribution in [2.45, 2.75) is 39.7 Å². The number of carbonyl (C=O) groups is 2. The molecule has 0 heterocycles. The summed E-state index contributed by atoms with van der Waals surface area (Å²) in [5.74, 6) is -0.706. The number of nitrogens with zero attached hydrogens (tertiary/aromatic N) is 1. The van der Waals surface area contributed by atoms with E-state index in [9.17, 15) is 9.59 Å². The van der Waals surface area contributed by atoms with Gasteiger partial charge in [0, 0.05) is 6.42 Å². The lowest BCUT2D eigenvalue weighted by Crippen LogP contribution is -2.34. The quantitative estimate of drug-likeness (QED) is 0.552. The molecule has 1 amide bonds. The van der Waals surface area contributed by atoms with Crippen molar-refractivity contribution >= 4 is 17.6 Å². The molecule has 0 radical (unpaired) electrons. The Kier molecular flexibility index (Phi) is 7.11. The van der Waals surface area contributed by atoms with E-state index in [0.717, 1.165) is 16.7 Å². The third kappa shape index (κ3) is 6.58. The van der Waals surface area contributed by atoms with E-state index < -0.39 is 18.0 Å². The number of carboxylic acids is 1. The Morgan fingerprint density at radius 2 is 1.70 bits per heavy atom. The monoisotopic (exact) mass is 368 g/mol. The summed E-state index contributed by atoms with van der Waals surface area (Å²) in [6, 6.07) is 14.9. The molecular formula is C21H24N2O4. The van der Waals surface area contributed by atoms with Crippen LogP contribution in [0.15, 0.2) is 53.6 Å². The van der Waals surface area contributed by atoms with Gasteiger partial charge in [-0.25, -0.2) is 5.43 Å². The number of amides is 1. The van der Waals surface area contributed by atoms with Gasteiger partial charge >= 0.3 is 5.97 Å². The van der Waals surface area contributed by atoms with Crippen molar-refractivity contribution in [1.29, 1.82) is 0 Å². The number of aryl methyl sites for hydroxylation is 2. The van der Waals surface area contributed by atoms with Crippen molar-refractivity contribution in [1.82, 2.24) is 5.43 Å². The number of rotatable bonds is 8. The van der Waals surface area contributed by atoms with Gasteiger partial charge in [0.1, 0.15) is 5.75 Å². The summed E-state index contributed by atoms with van der Waals surface area (Å²) >= 11 is 0. The maximum atomic E-state index is 12.3. The van der Waals surface area contributed by atoms with Gasteiger partial charge in [-0.05, 0) is 49.6 Å². The second kappa shape index (κ2) is 9.52. The molecule has 2 N–H and O–H groups in total. The molecule has 1 atom stereocenters. The van der Waals surface area contributed by atoms with E-state index in [2.05, 4.69) is 10.5 Å². The summed E-state index contributed by atoms with van der Waals surface area (Å²) in [7, 11) is 0. The fourth-order valence-corrected chi connectivity index (χ4v) is 2.59. The van der Waals surface area contributed by atoms with Gasteiger partial charge in [-0.2, -0.15) is 5.10 Å². The van der Waals surface area contributed by atoms with E-state index in [-0.39, 0.29) is 12.8 Å². The zero-order valence-corrected chi connectivity index (χ0v) is 15.7. The number of aliphatic carboxylic acids is 1. The standard InChI is InChI=1S/C21H24N2O4/c1-14-11-15(2)13-18(12-14)27-16(3)21(26)23-22-19(9-10-20(24)25)17-7-5-4-6-8-17/h4-8,11-13,16H,9-10H2,1-3H3,(H,23,26)(H,24,25)/b22-19-. The van der Waals surface area contributed by atoms with Crippen molar-refractivity contribution in [3.63, 3.8) is 0 Å². The molecule has 27 heavy (non-hydrogen) atoms. The van der Waals surface area contributed by atoms with Gasteiger partial charge in [-0.15, -0.1) is 0 Å². The molecule has 2 rings (SSSR count). The first-order valence-corrected chi connectivity index (χ1v) is 8.73. The van der Waals surface area contributed by atoms with Crippen LogP contribution in [0.25, 0.3) is 0 Å². The minimum atomic E-state index is -0.920. The summed E-state index contributed by atoms with van der Waals surface area (Å²) < 4.78 is 5.70. The second-order valence-corrected chi connectivity index (χ2v) is 6.38. The van der Waals surface area contributed by atoms with Crippen molar-refractivity contribution in [3.05, 3.63) is 65.2 Å². The Balaban J connectivity index is 2.06. The van der Waals surface area contributed by atoms with Crippen molar-refractivity contribution < 1.29 is 19.4 Å². The molecule has 2 aromatic carbocycles. The van der Waals surface area contributed by atoms with Crippen LogP contribution >= 0.6 is 0 Å². The van der Waals surface area contributed by atoms with Gasteiger partial charge in [0.25, 0.3) is 5.91 Å². The van der Waals surface area contributed by atoms with E-state index in [1.807, 2.05) is 62.4 Å². The maximum Gasteiger partial charge on any atom is 0.303 e. The summed E-state index contributed by atoms with van der Waals surface area (Å²) in [6.45, 7) is 5.56. The SMILES string of the molecule is Cc1cc(C)cc(OC(C)C(=O)N/N=C(/CCC(=O)O)c2ccccc2)c1. The number of carboxylic acid groups (broad SMARTS) is 1. The minimum Gasteiger partial charge on any atom is -0.481 e. The zero-order valence-electron chi connectivity index (χ0n) is 15.7. The van der Waals surface area contributed by atoms with Crippen LogP contribution in [0.1, 0.15) is 36.5 Å². The Bertz CT molecular complexity index is 811. The Hall–Kier alpha value is -3.15. The van der Waals surface area contributed by atoms with Crippen molar-refractivity contribution in [3.8, 4) is 5.75 Å². The molecule has 0 saturated heterocycles. The average molecular weight is 368 g/mol. The van der Waals surface area contributed by atoms with Crippen molar-refractivity contribution in [2.75, 3.05) is 0 Å². The third-order valence-corrected chi connectivity index (χ3v) is 3.86. The first-order chi connectivity index (χ1) is 12.8. The topological polar surface area (TPSA) is 88.0 Å². The van der Waals surface area contributed by atoms with E-state index >= 15 is 0 Å². The summed E-state index contributed by atoms with van der Waals surface area (Å²) in [4.78, 5) is 23.2. The highest BCUT2D eigenvalue weighted by molar-refractivity contribution is 6.02. The predicted molar refractivity (Wildman–Crippen MR) is 104 cm³/mol. The van der Waals surface area contributed by atoms with Crippen LogP contribution in [-0.4, -0.2) is 28.8 Å². The summed E-state index contributed by atoms with van der Waals surface area (Å²) in [6.07, 6.45) is -0.601. The van der Waals surface area contributed by atoms with Gasteiger partial charge in [-0.3, -0.25) is 9.59 Å². The molecule has 0 spiro atoms. The number of hydrogen-bond donors (Lipinski definition) is 2. The lowest BCUT2D eigenvalue weighted by atomic mass is 10.1. The van der Waals surface area contributed by atoms with Gasteiger partial charge in [0.2, 0.25) is 0 Å². The van der Waals surface area contributed by atoms with Crippen LogP contribution in [-0.2, 0) is 9.59 Å². The lowest BCUT2D eigenvalue weighted by Gasteiger charge is -2.15. The number of carbonyl (C=O) groups excluding carboxylic acids is 1. The molecule has 6 nitrogen and oxygen atoms in total. The molecular weight excluding hydrogens is 344 g/mol. The molecule has 1 unspecified atom stereocenters. The molecule has 142 valence electrons. The molecule has 0 fully saturated rings. The molecule has 0 aromatic heterocycles. The highest BCUT2D eigenvalue weighted by atomic mass is 16.5. The smallest absolute Gasteiger partial charge is 0.303 e. The summed E-state index contributed by atoms with van der Waals surface area (Å²) in [5.41, 5.74) is 5.86. The van der Waals surface area contributed by atoms with E-state index in [1.54, 1.807) is 6.92 Å². The normalized spacial score (nSPS) is 12.3. The average Bonchev–Trinajstić information content (AvgIpc) is 2.61. The molecule has 0 saturated carbocycles. The fourth-order valence-electron chi connectivity index (χ4n) is 2.59. The number of benzene rings is 2. The molecule has 0 aliphatic carbocycles. The van der Waals surface area contributed by atoms with E-state index in [1.165, 1.54) is 0 Å². The Labute approximate surface area is 158 Å². The van der Waals surface area contributed by atoms with Crippen LogP contribution in [0.4, 0.5) is 0 Å². The number of hydrogen-bond acceptors (Lipinski definition) is 4. The molecule has 0 bridgehead atoms.